The molecular weight excluding hydrogens is 284 g/mol. The van der Waals surface area contributed by atoms with Crippen LogP contribution >= 0.6 is 0 Å². The maximum atomic E-state index is 12.6. The minimum absolute atomic E-state index is 0.0115. The van der Waals surface area contributed by atoms with E-state index in [9.17, 15) is 14.9 Å². The summed E-state index contributed by atoms with van der Waals surface area (Å²) in [6.07, 6.45) is 3.12. The average molecular weight is 306 g/mol. The molecular formula is C16H22N2O4. The van der Waals surface area contributed by atoms with Crippen LogP contribution < -0.4 is 5.32 Å². The zero-order chi connectivity index (χ0) is 15.9. The van der Waals surface area contributed by atoms with Crippen molar-refractivity contribution in [2.75, 3.05) is 13.1 Å². The van der Waals surface area contributed by atoms with Crippen molar-refractivity contribution in [3.63, 3.8) is 0 Å². The van der Waals surface area contributed by atoms with E-state index in [1.165, 1.54) is 24.3 Å². The molecule has 0 bridgehead atoms. The summed E-state index contributed by atoms with van der Waals surface area (Å²) in [7, 11) is 0. The fraction of sp³-hybridized carbons (Fsp3) is 0.562. The van der Waals surface area contributed by atoms with Gasteiger partial charge in [0.15, 0.2) is 5.78 Å². The Bertz CT molecular complexity index is 509. The molecule has 1 aliphatic heterocycles. The van der Waals surface area contributed by atoms with Gasteiger partial charge in [-0.15, -0.1) is 0 Å². The molecule has 1 fully saturated rings. The van der Waals surface area contributed by atoms with Crippen molar-refractivity contribution < 1.29 is 14.5 Å². The molecule has 1 aliphatic rings. The van der Waals surface area contributed by atoms with Crippen molar-refractivity contribution in [2.24, 2.45) is 0 Å². The molecule has 0 saturated carbocycles. The second-order valence-corrected chi connectivity index (χ2v) is 5.55. The number of unbranched alkanes of at least 4 members (excludes halogenated alkanes) is 1. The van der Waals surface area contributed by atoms with E-state index < -0.39 is 11.0 Å². The molecule has 1 aromatic carbocycles. The molecule has 2 rings (SSSR count). The lowest BCUT2D eigenvalue weighted by atomic mass is 10.0. The summed E-state index contributed by atoms with van der Waals surface area (Å²) in [6.45, 7) is 3.76. The Morgan fingerprint density at radius 2 is 2.18 bits per heavy atom. The lowest BCUT2D eigenvalue weighted by Crippen LogP contribution is -2.31. The van der Waals surface area contributed by atoms with E-state index in [0.717, 1.165) is 32.4 Å². The Morgan fingerprint density at radius 3 is 2.73 bits per heavy atom. The van der Waals surface area contributed by atoms with Gasteiger partial charge in [-0.1, -0.05) is 19.8 Å². The number of hydrogen-bond donors (Lipinski definition) is 1. The zero-order valence-electron chi connectivity index (χ0n) is 12.8. The molecule has 0 spiro atoms. The maximum absolute atomic E-state index is 12.6. The monoisotopic (exact) mass is 306 g/mol. The van der Waals surface area contributed by atoms with Gasteiger partial charge in [0.05, 0.1) is 11.0 Å². The van der Waals surface area contributed by atoms with Crippen molar-refractivity contribution in [2.45, 2.75) is 44.8 Å². The van der Waals surface area contributed by atoms with Crippen molar-refractivity contribution in [3.8, 4) is 0 Å². The van der Waals surface area contributed by atoms with Gasteiger partial charge >= 0.3 is 0 Å². The molecule has 1 saturated heterocycles. The highest BCUT2D eigenvalue weighted by atomic mass is 16.6. The van der Waals surface area contributed by atoms with Crippen LogP contribution in [0.4, 0.5) is 5.69 Å². The van der Waals surface area contributed by atoms with Crippen molar-refractivity contribution in [1.82, 2.24) is 5.32 Å². The molecule has 6 nitrogen and oxygen atoms in total. The number of ether oxygens (including phenoxy) is 1. The molecule has 1 heterocycles. The largest absolute Gasteiger partial charge is 0.365 e. The van der Waals surface area contributed by atoms with E-state index in [0.29, 0.717) is 12.0 Å². The first-order valence-corrected chi connectivity index (χ1v) is 7.76. The van der Waals surface area contributed by atoms with Crippen molar-refractivity contribution in [3.05, 3.63) is 39.9 Å². The Kier molecular flexibility index (Phi) is 6.03. The summed E-state index contributed by atoms with van der Waals surface area (Å²) in [5, 5.41) is 13.9. The van der Waals surface area contributed by atoms with E-state index in [1.54, 1.807) is 0 Å². The van der Waals surface area contributed by atoms with Gasteiger partial charge in [0.25, 0.3) is 5.69 Å². The first-order chi connectivity index (χ1) is 10.6. The summed E-state index contributed by atoms with van der Waals surface area (Å²) < 4.78 is 5.96. The minimum atomic E-state index is -0.469. The van der Waals surface area contributed by atoms with E-state index >= 15 is 0 Å². The Balaban J connectivity index is 2.07. The van der Waals surface area contributed by atoms with Crippen LogP contribution in [-0.2, 0) is 4.74 Å². The number of benzene rings is 1. The number of nitrogens with zero attached hydrogens (tertiary/aromatic N) is 1. The number of Topliss-reactive ketones (excluding diaryl/α,β-unsaturated/α-hetero) is 1. The van der Waals surface area contributed by atoms with Crippen LogP contribution in [0.1, 0.15) is 43.0 Å². The topological polar surface area (TPSA) is 81.5 Å². The number of nitro benzene ring substituents is 1. The average Bonchev–Trinajstić information content (AvgIpc) is 3.04. The van der Waals surface area contributed by atoms with E-state index in [-0.39, 0.29) is 17.6 Å². The summed E-state index contributed by atoms with van der Waals surface area (Å²) in [5.41, 5.74) is 0.459. The third-order valence-corrected chi connectivity index (χ3v) is 3.85. The zero-order valence-corrected chi connectivity index (χ0v) is 12.8. The van der Waals surface area contributed by atoms with Gasteiger partial charge in [-0.2, -0.15) is 0 Å². The van der Waals surface area contributed by atoms with Gasteiger partial charge in [0.1, 0.15) is 6.10 Å². The molecule has 6 heteroatoms. The third kappa shape index (κ3) is 4.35. The second kappa shape index (κ2) is 8.00. The molecule has 0 aliphatic carbocycles. The van der Waals surface area contributed by atoms with Crippen LogP contribution in [0.25, 0.3) is 0 Å². The number of carbonyl (C=O) groups is 1. The third-order valence-electron chi connectivity index (χ3n) is 3.85. The van der Waals surface area contributed by atoms with Crippen LogP contribution in [0.3, 0.4) is 0 Å². The minimum Gasteiger partial charge on any atom is -0.365 e. The Morgan fingerprint density at radius 1 is 1.45 bits per heavy atom. The number of nitro groups is 1. The fourth-order valence-electron chi connectivity index (χ4n) is 2.56. The molecule has 0 aromatic heterocycles. The fourth-order valence-corrected chi connectivity index (χ4v) is 2.56. The van der Waals surface area contributed by atoms with Crippen LogP contribution in [0.2, 0.25) is 0 Å². The van der Waals surface area contributed by atoms with Crippen LogP contribution in [0.5, 0.6) is 0 Å². The molecule has 1 aromatic rings. The first-order valence-electron chi connectivity index (χ1n) is 7.76. The maximum Gasteiger partial charge on any atom is 0.269 e. The van der Waals surface area contributed by atoms with Gasteiger partial charge in [-0.3, -0.25) is 14.9 Å². The van der Waals surface area contributed by atoms with E-state index in [2.05, 4.69) is 12.2 Å². The molecule has 120 valence electrons. The summed E-state index contributed by atoms with van der Waals surface area (Å²) in [6, 6.07) is 5.74. The lowest BCUT2D eigenvalue weighted by Gasteiger charge is -2.20. The van der Waals surface area contributed by atoms with Crippen LogP contribution in [-0.4, -0.2) is 36.0 Å². The Labute approximate surface area is 130 Å². The quantitative estimate of drug-likeness (QED) is 0.453. The summed E-state index contributed by atoms with van der Waals surface area (Å²) in [4.78, 5) is 22.8. The molecule has 1 N–H and O–H groups in total. The predicted octanol–water partition coefficient (Wildman–Crippen LogP) is 2.71. The number of rotatable bonds is 8. The van der Waals surface area contributed by atoms with Gasteiger partial charge in [0.2, 0.25) is 0 Å². The van der Waals surface area contributed by atoms with Gasteiger partial charge in [0, 0.05) is 24.2 Å². The molecule has 0 radical (unpaired) electrons. The second-order valence-electron chi connectivity index (χ2n) is 5.55. The normalized spacial score (nSPS) is 19.0. The van der Waals surface area contributed by atoms with Gasteiger partial charge in [-0.05, 0) is 31.5 Å². The van der Waals surface area contributed by atoms with E-state index in [4.69, 9.17) is 4.74 Å². The molecule has 0 amide bonds. The summed E-state index contributed by atoms with van der Waals surface area (Å²) >= 11 is 0. The highest BCUT2D eigenvalue weighted by molar-refractivity contribution is 5.99. The predicted molar refractivity (Wildman–Crippen MR) is 83.1 cm³/mol. The Hall–Kier alpha value is -1.79. The molecule has 2 atom stereocenters. The number of non-ortho nitro benzene ring substituents is 1. The lowest BCUT2D eigenvalue weighted by molar-refractivity contribution is -0.384. The molecule has 2 unspecified atom stereocenters. The number of carbonyl (C=O) groups excluding carboxylic acids is 1. The number of hydrogen-bond acceptors (Lipinski definition) is 5. The van der Waals surface area contributed by atoms with E-state index in [1.807, 2.05) is 0 Å². The highest BCUT2D eigenvalue weighted by Gasteiger charge is 2.26. The summed E-state index contributed by atoms with van der Waals surface area (Å²) in [5.74, 6) is -0.0877. The first kappa shape index (κ1) is 16.6. The van der Waals surface area contributed by atoms with Crippen molar-refractivity contribution >= 4 is 11.5 Å². The standard InChI is InChI=1S/C16H22N2O4/c1-2-3-4-15(22-14-9-10-17-11-14)16(19)12-5-7-13(8-6-12)18(20)21/h5-8,14-15,17H,2-4,9-11H2,1H3. The number of ketones is 1. The number of nitrogens with one attached hydrogen (secondary N) is 1. The van der Waals surface area contributed by atoms with Gasteiger partial charge < -0.3 is 10.1 Å². The smallest absolute Gasteiger partial charge is 0.269 e. The van der Waals surface area contributed by atoms with Crippen molar-refractivity contribution in [1.29, 1.82) is 0 Å². The highest BCUT2D eigenvalue weighted by Crippen LogP contribution is 2.19. The van der Waals surface area contributed by atoms with Gasteiger partial charge in [-0.25, -0.2) is 0 Å². The molecule has 22 heavy (non-hydrogen) atoms. The van der Waals surface area contributed by atoms with Crippen LogP contribution in [0, 0.1) is 10.1 Å². The SMILES string of the molecule is CCCCC(OC1CCNC1)C(=O)c1ccc([N+](=O)[O-])cc1. The van der Waals surface area contributed by atoms with Crippen LogP contribution in [0.15, 0.2) is 24.3 Å².